The molecular weight excluding hydrogens is 278 g/mol. The van der Waals surface area contributed by atoms with Gasteiger partial charge in [-0.2, -0.15) is 5.10 Å². The second-order valence-corrected chi connectivity index (χ2v) is 5.98. The lowest BCUT2D eigenvalue weighted by Crippen LogP contribution is -2.22. The minimum atomic E-state index is 0.311. The largest absolute Gasteiger partial charge is 0.310 e. The van der Waals surface area contributed by atoms with Gasteiger partial charge in [0.05, 0.1) is 11.9 Å². The SMILES string of the molecule is CCNC(Cc1cccs1)c1cnn(-c2ccccc2)c1. The first-order valence-corrected chi connectivity index (χ1v) is 8.10. The normalized spacial score (nSPS) is 12.4. The molecular formula is C17H19N3S. The molecule has 3 aromatic rings. The van der Waals surface area contributed by atoms with Crippen LogP contribution in [-0.2, 0) is 6.42 Å². The van der Waals surface area contributed by atoms with Crippen LogP contribution in [-0.4, -0.2) is 16.3 Å². The molecule has 0 saturated carbocycles. The highest BCUT2D eigenvalue weighted by Crippen LogP contribution is 2.21. The van der Waals surface area contributed by atoms with Crippen molar-refractivity contribution in [1.82, 2.24) is 15.1 Å². The highest BCUT2D eigenvalue weighted by molar-refractivity contribution is 7.09. The summed E-state index contributed by atoms with van der Waals surface area (Å²) in [5, 5.41) is 10.2. The molecule has 0 aliphatic carbocycles. The molecule has 1 atom stereocenters. The van der Waals surface area contributed by atoms with Crippen molar-refractivity contribution < 1.29 is 0 Å². The average molecular weight is 297 g/mol. The van der Waals surface area contributed by atoms with E-state index in [1.807, 2.05) is 40.4 Å². The van der Waals surface area contributed by atoms with Crippen molar-refractivity contribution in [2.75, 3.05) is 6.54 Å². The second-order valence-electron chi connectivity index (χ2n) is 4.95. The van der Waals surface area contributed by atoms with E-state index >= 15 is 0 Å². The third-order valence-electron chi connectivity index (χ3n) is 3.46. The Kier molecular flexibility index (Phi) is 4.48. The lowest BCUT2D eigenvalue weighted by molar-refractivity contribution is 0.553. The summed E-state index contributed by atoms with van der Waals surface area (Å²) in [6.45, 7) is 3.09. The Hall–Kier alpha value is -1.91. The van der Waals surface area contributed by atoms with Gasteiger partial charge in [0, 0.05) is 29.1 Å². The fourth-order valence-corrected chi connectivity index (χ4v) is 3.17. The standard InChI is InChI=1S/C17H19N3S/c1-2-18-17(11-16-9-6-10-21-16)14-12-19-20(13-14)15-7-4-3-5-8-15/h3-10,12-13,17-18H,2,11H2,1H3. The van der Waals surface area contributed by atoms with E-state index in [2.05, 4.69) is 53.2 Å². The third kappa shape index (κ3) is 3.40. The van der Waals surface area contributed by atoms with Crippen LogP contribution in [0.15, 0.2) is 60.2 Å². The van der Waals surface area contributed by atoms with Gasteiger partial charge in [0.1, 0.15) is 0 Å². The van der Waals surface area contributed by atoms with Crippen molar-refractivity contribution in [3.63, 3.8) is 0 Å². The smallest absolute Gasteiger partial charge is 0.0645 e. The number of hydrogen-bond acceptors (Lipinski definition) is 3. The Labute approximate surface area is 129 Å². The van der Waals surface area contributed by atoms with Crippen molar-refractivity contribution in [2.45, 2.75) is 19.4 Å². The van der Waals surface area contributed by atoms with Gasteiger partial charge in [0.25, 0.3) is 0 Å². The molecule has 3 nitrogen and oxygen atoms in total. The van der Waals surface area contributed by atoms with Crippen LogP contribution >= 0.6 is 11.3 Å². The van der Waals surface area contributed by atoms with Gasteiger partial charge in [-0.1, -0.05) is 31.2 Å². The lowest BCUT2D eigenvalue weighted by Gasteiger charge is -2.15. The number of likely N-dealkylation sites (N-methyl/N-ethyl adjacent to an activating group) is 1. The van der Waals surface area contributed by atoms with E-state index in [1.165, 1.54) is 10.4 Å². The van der Waals surface area contributed by atoms with Crippen LogP contribution < -0.4 is 5.32 Å². The zero-order valence-electron chi connectivity index (χ0n) is 12.1. The Morgan fingerprint density at radius 3 is 2.76 bits per heavy atom. The van der Waals surface area contributed by atoms with Crippen LogP contribution in [0, 0.1) is 0 Å². The van der Waals surface area contributed by atoms with E-state index in [1.54, 1.807) is 0 Å². The van der Waals surface area contributed by atoms with E-state index in [9.17, 15) is 0 Å². The van der Waals surface area contributed by atoms with Gasteiger partial charge in [0.15, 0.2) is 0 Å². The van der Waals surface area contributed by atoms with Crippen LogP contribution in [0.3, 0.4) is 0 Å². The molecule has 1 unspecified atom stereocenters. The van der Waals surface area contributed by atoms with Gasteiger partial charge in [-0.15, -0.1) is 11.3 Å². The first kappa shape index (κ1) is 14.0. The Bertz CT molecular complexity index is 658. The number of benzene rings is 1. The topological polar surface area (TPSA) is 29.9 Å². The molecule has 0 amide bonds. The van der Waals surface area contributed by atoms with Gasteiger partial charge in [-0.05, 0) is 30.1 Å². The van der Waals surface area contributed by atoms with Crippen LogP contribution in [0.25, 0.3) is 5.69 Å². The molecule has 1 aromatic carbocycles. The summed E-state index contributed by atoms with van der Waals surface area (Å²) in [6, 6.07) is 14.8. The van der Waals surface area contributed by atoms with Crippen molar-refractivity contribution in [1.29, 1.82) is 0 Å². The second kappa shape index (κ2) is 6.70. The molecule has 0 fully saturated rings. The van der Waals surface area contributed by atoms with Crippen LogP contribution in [0.2, 0.25) is 0 Å². The molecule has 0 spiro atoms. The first-order chi connectivity index (χ1) is 10.4. The summed E-state index contributed by atoms with van der Waals surface area (Å²) in [4.78, 5) is 1.40. The maximum atomic E-state index is 4.50. The number of rotatable bonds is 6. The number of hydrogen-bond donors (Lipinski definition) is 1. The fraction of sp³-hybridized carbons (Fsp3) is 0.235. The molecule has 4 heteroatoms. The molecule has 0 radical (unpaired) electrons. The molecule has 2 aromatic heterocycles. The Morgan fingerprint density at radius 1 is 1.19 bits per heavy atom. The molecule has 0 saturated heterocycles. The quantitative estimate of drug-likeness (QED) is 0.749. The van der Waals surface area contributed by atoms with Gasteiger partial charge in [-0.3, -0.25) is 0 Å². The van der Waals surface area contributed by atoms with Crippen molar-refractivity contribution >= 4 is 11.3 Å². The van der Waals surface area contributed by atoms with Gasteiger partial charge in [0.2, 0.25) is 0 Å². The van der Waals surface area contributed by atoms with Gasteiger partial charge in [-0.25, -0.2) is 4.68 Å². The summed E-state index contributed by atoms with van der Waals surface area (Å²) >= 11 is 1.81. The van der Waals surface area contributed by atoms with Crippen molar-refractivity contribution in [3.8, 4) is 5.69 Å². The Balaban J connectivity index is 1.81. The minimum Gasteiger partial charge on any atom is -0.310 e. The maximum Gasteiger partial charge on any atom is 0.0645 e. The predicted molar refractivity (Wildman–Crippen MR) is 88.0 cm³/mol. The summed E-state index contributed by atoms with van der Waals surface area (Å²) in [6.07, 6.45) is 5.09. The van der Waals surface area contributed by atoms with Gasteiger partial charge >= 0.3 is 0 Å². The van der Waals surface area contributed by atoms with E-state index < -0.39 is 0 Å². The fourth-order valence-electron chi connectivity index (χ4n) is 2.42. The summed E-state index contributed by atoms with van der Waals surface area (Å²) in [5.41, 5.74) is 2.32. The highest BCUT2D eigenvalue weighted by atomic mass is 32.1. The number of aromatic nitrogens is 2. The maximum absolute atomic E-state index is 4.50. The number of para-hydroxylation sites is 1. The highest BCUT2D eigenvalue weighted by Gasteiger charge is 2.14. The first-order valence-electron chi connectivity index (χ1n) is 7.22. The molecule has 0 aliphatic rings. The predicted octanol–water partition coefficient (Wildman–Crippen LogP) is 3.83. The lowest BCUT2D eigenvalue weighted by atomic mass is 10.1. The monoisotopic (exact) mass is 297 g/mol. The van der Waals surface area contributed by atoms with E-state index in [4.69, 9.17) is 0 Å². The summed E-state index contributed by atoms with van der Waals surface area (Å²) in [5.74, 6) is 0. The number of thiophene rings is 1. The number of nitrogens with one attached hydrogen (secondary N) is 1. The minimum absolute atomic E-state index is 0.311. The average Bonchev–Trinajstić information content (AvgIpc) is 3.19. The molecule has 0 aliphatic heterocycles. The third-order valence-corrected chi connectivity index (χ3v) is 4.36. The van der Waals surface area contributed by atoms with Crippen LogP contribution in [0.4, 0.5) is 0 Å². The van der Waals surface area contributed by atoms with E-state index in [0.717, 1.165) is 18.7 Å². The molecule has 2 heterocycles. The van der Waals surface area contributed by atoms with E-state index in [0.29, 0.717) is 6.04 Å². The zero-order valence-corrected chi connectivity index (χ0v) is 12.9. The summed E-state index contributed by atoms with van der Waals surface area (Å²) in [7, 11) is 0. The van der Waals surface area contributed by atoms with Gasteiger partial charge < -0.3 is 5.32 Å². The van der Waals surface area contributed by atoms with E-state index in [-0.39, 0.29) is 0 Å². The molecule has 108 valence electrons. The summed E-state index contributed by atoms with van der Waals surface area (Å²) < 4.78 is 1.94. The molecule has 0 bridgehead atoms. The Morgan fingerprint density at radius 2 is 2.05 bits per heavy atom. The van der Waals surface area contributed by atoms with Crippen LogP contribution in [0.5, 0.6) is 0 Å². The van der Waals surface area contributed by atoms with Crippen LogP contribution in [0.1, 0.15) is 23.4 Å². The van der Waals surface area contributed by atoms with Crippen molar-refractivity contribution in [3.05, 3.63) is 70.7 Å². The molecule has 1 N–H and O–H groups in total. The van der Waals surface area contributed by atoms with Crippen molar-refractivity contribution in [2.24, 2.45) is 0 Å². The molecule has 21 heavy (non-hydrogen) atoms. The number of nitrogens with zero attached hydrogens (tertiary/aromatic N) is 2. The zero-order chi connectivity index (χ0) is 14.5. The molecule has 3 rings (SSSR count).